The lowest BCUT2D eigenvalue weighted by molar-refractivity contribution is -0.137. The number of carbonyl (C=O) groups is 3. The first-order chi connectivity index (χ1) is 18.5. The van der Waals surface area contributed by atoms with E-state index < -0.39 is 29.3 Å². The first-order valence-corrected chi connectivity index (χ1v) is 13.5. The number of amides is 2. The van der Waals surface area contributed by atoms with Crippen molar-refractivity contribution < 1.29 is 37.4 Å². The molecule has 2 heterocycles. The van der Waals surface area contributed by atoms with E-state index in [9.17, 15) is 32.7 Å². The Kier molecular flexibility index (Phi) is 8.92. The maximum atomic E-state index is 12.9. The molecule has 1 atom stereocenters. The summed E-state index contributed by atoms with van der Waals surface area (Å²) in [5.41, 5.74) is -2.06. The zero-order valence-electron chi connectivity index (χ0n) is 21.4. The summed E-state index contributed by atoms with van der Waals surface area (Å²) < 4.78 is 43.2. The van der Waals surface area contributed by atoms with E-state index in [1.807, 2.05) is 0 Å². The number of methoxy groups -OCH3 is 1. The van der Waals surface area contributed by atoms with E-state index >= 15 is 0 Å². The SMILES string of the molecule is COC(=O)Nc1ncc(C2(O)CCC(N3CC[C@@H](CC(=O)CNC(=O)c4cccc(C(F)(F)F)c4)C3)CC2)s1. The van der Waals surface area contributed by atoms with Crippen molar-refractivity contribution in [3.8, 4) is 0 Å². The lowest BCUT2D eigenvalue weighted by atomic mass is 9.81. The highest BCUT2D eigenvalue weighted by Crippen LogP contribution is 2.42. The number of carbonyl (C=O) groups excluding carboxylic acids is 3. The molecule has 212 valence electrons. The van der Waals surface area contributed by atoms with Gasteiger partial charge in [-0.15, -0.1) is 0 Å². The Labute approximate surface area is 227 Å². The van der Waals surface area contributed by atoms with Crippen molar-refractivity contribution in [1.29, 1.82) is 0 Å². The maximum absolute atomic E-state index is 12.9. The number of likely N-dealkylation sites (tertiary alicyclic amines) is 1. The van der Waals surface area contributed by atoms with Crippen LogP contribution in [0, 0.1) is 5.92 Å². The number of ether oxygens (including phenoxy) is 1. The Balaban J connectivity index is 1.21. The highest BCUT2D eigenvalue weighted by molar-refractivity contribution is 7.15. The van der Waals surface area contributed by atoms with Crippen LogP contribution in [0.3, 0.4) is 0 Å². The molecule has 2 amide bonds. The number of nitrogens with zero attached hydrogens (tertiary/aromatic N) is 2. The molecular formula is C26H31F3N4O5S. The van der Waals surface area contributed by atoms with E-state index in [1.165, 1.54) is 24.5 Å². The minimum atomic E-state index is -4.55. The second-order valence-corrected chi connectivity index (χ2v) is 11.1. The van der Waals surface area contributed by atoms with Crippen LogP contribution in [-0.2, 0) is 21.3 Å². The fraction of sp³-hybridized carbons (Fsp3) is 0.538. The average molecular weight is 569 g/mol. The molecule has 1 aliphatic carbocycles. The first-order valence-electron chi connectivity index (χ1n) is 12.7. The summed E-state index contributed by atoms with van der Waals surface area (Å²) in [7, 11) is 1.26. The summed E-state index contributed by atoms with van der Waals surface area (Å²) in [6.07, 6.45) is 0.206. The number of benzene rings is 1. The number of aromatic nitrogens is 1. The molecule has 1 aliphatic heterocycles. The zero-order valence-corrected chi connectivity index (χ0v) is 22.2. The van der Waals surface area contributed by atoms with Gasteiger partial charge in [0.1, 0.15) is 5.60 Å². The number of ketones is 1. The Morgan fingerprint density at radius 3 is 2.67 bits per heavy atom. The number of Topliss-reactive ketones (excluding diaryl/α,β-unsaturated/α-hetero) is 1. The molecule has 13 heteroatoms. The lowest BCUT2D eigenvalue weighted by Gasteiger charge is -2.39. The molecule has 4 rings (SSSR count). The van der Waals surface area contributed by atoms with Crippen LogP contribution in [0.2, 0.25) is 0 Å². The first kappa shape index (κ1) is 29.0. The molecule has 1 saturated heterocycles. The van der Waals surface area contributed by atoms with Gasteiger partial charge in [-0.3, -0.25) is 14.9 Å². The number of hydrogen-bond donors (Lipinski definition) is 3. The lowest BCUT2D eigenvalue weighted by Crippen LogP contribution is -2.41. The number of aliphatic hydroxyl groups is 1. The van der Waals surface area contributed by atoms with Crippen LogP contribution in [0.25, 0.3) is 0 Å². The van der Waals surface area contributed by atoms with Crippen molar-refractivity contribution in [3.05, 3.63) is 46.5 Å². The normalized spacial score (nSPS) is 23.8. The van der Waals surface area contributed by atoms with Crippen LogP contribution in [0.15, 0.2) is 30.5 Å². The summed E-state index contributed by atoms with van der Waals surface area (Å²) in [6.45, 7) is 1.35. The minimum absolute atomic E-state index is 0.136. The fourth-order valence-electron chi connectivity index (χ4n) is 5.25. The number of nitrogens with one attached hydrogen (secondary N) is 2. The third kappa shape index (κ3) is 7.34. The van der Waals surface area contributed by atoms with Gasteiger partial charge in [-0.1, -0.05) is 17.4 Å². The van der Waals surface area contributed by atoms with Gasteiger partial charge >= 0.3 is 12.3 Å². The average Bonchev–Trinajstić information content (AvgIpc) is 3.57. The Hall–Kier alpha value is -3.03. The molecule has 39 heavy (non-hydrogen) atoms. The van der Waals surface area contributed by atoms with Gasteiger partial charge in [-0.25, -0.2) is 9.78 Å². The Bertz CT molecular complexity index is 1200. The summed E-state index contributed by atoms with van der Waals surface area (Å²) in [5.74, 6) is -0.745. The van der Waals surface area contributed by atoms with Gasteiger partial charge < -0.3 is 20.1 Å². The van der Waals surface area contributed by atoms with E-state index in [4.69, 9.17) is 0 Å². The third-order valence-electron chi connectivity index (χ3n) is 7.39. The molecule has 1 saturated carbocycles. The maximum Gasteiger partial charge on any atom is 0.416 e. The molecule has 1 aromatic carbocycles. The molecule has 0 bridgehead atoms. The van der Waals surface area contributed by atoms with Gasteiger partial charge in [0.15, 0.2) is 10.9 Å². The molecule has 0 spiro atoms. The molecular weight excluding hydrogens is 537 g/mol. The van der Waals surface area contributed by atoms with Crippen LogP contribution in [0.4, 0.5) is 23.1 Å². The summed E-state index contributed by atoms with van der Waals surface area (Å²) in [5, 5.41) is 16.5. The summed E-state index contributed by atoms with van der Waals surface area (Å²) in [4.78, 5) is 43.3. The predicted molar refractivity (Wildman–Crippen MR) is 137 cm³/mol. The molecule has 2 aliphatic rings. The van der Waals surface area contributed by atoms with Crippen molar-refractivity contribution in [2.24, 2.45) is 5.92 Å². The second kappa shape index (κ2) is 12.0. The molecule has 3 N–H and O–H groups in total. The standard InChI is InChI=1S/C26H31F3N4O5S/c1-38-24(36)32-23-31-14-21(39-23)25(37)8-5-19(6-9-25)33-10-7-16(15-33)11-20(34)13-30-22(35)17-3-2-4-18(12-17)26(27,28)29/h2-4,12,14,16,19,37H,5-11,13,15H2,1H3,(H,30,35)(H,31,32,36)/t16-,19?,25?/m0/s1. The van der Waals surface area contributed by atoms with Crippen LogP contribution in [-0.4, -0.2) is 65.6 Å². The van der Waals surface area contributed by atoms with Crippen LogP contribution >= 0.6 is 11.3 Å². The summed E-state index contributed by atoms with van der Waals surface area (Å²) in [6, 6.07) is 4.39. The van der Waals surface area contributed by atoms with Crippen LogP contribution in [0.1, 0.15) is 59.3 Å². The number of hydrogen-bond acceptors (Lipinski definition) is 8. The molecule has 0 unspecified atom stereocenters. The molecule has 2 fully saturated rings. The summed E-state index contributed by atoms with van der Waals surface area (Å²) >= 11 is 1.23. The number of thiazole rings is 1. The number of anilines is 1. The predicted octanol–water partition coefficient (Wildman–Crippen LogP) is 4.18. The fourth-order valence-corrected chi connectivity index (χ4v) is 6.20. The van der Waals surface area contributed by atoms with Crippen molar-refractivity contribution in [1.82, 2.24) is 15.2 Å². The molecule has 2 aromatic rings. The second-order valence-electron chi connectivity index (χ2n) is 10.1. The van der Waals surface area contributed by atoms with Gasteiger partial charge in [-0.05, 0) is 62.8 Å². The van der Waals surface area contributed by atoms with Gasteiger partial charge in [0.05, 0.1) is 24.1 Å². The van der Waals surface area contributed by atoms with Crippen LogP contribution in [0.5, 0.6) is 0 Å². The van der Waals surface area contributed by atoms with E-state index in [1.54, 1.807) is 6.20 Å². The number of rotatable bonds is 8. The van der Waals surface area contributed by atoms with Gasteiger partial charge in [0, 0.05) is 30.8 Å². The Morgan fingerprint density at radius 2 is 1.97 bits per heavy atom. The largest absolute Gasteiger partial charge is 0.453 e. The van der Waals surface area contributed by atoms with Gasteiger partial charge in [-0.2, -0.15) is 13.2 Å². The molecule has 9 nitrogen and oxygen atoms in total. The highest BCUT2D eigenvalue weighted by Gasteiger charge is 2.40. The highest BCUT2D eigenvalue weighted by atomic mass is 32.1. The monoisotopic (exact) mass is 568 g/mol. The van der Waals surface area contributed by atoms with Crippen molar-refractivity contribution in [2.75, 3.05) is 32.1 Å². The van der Waals surface area contributed by atoms with Crippen LogP contribution < -0.4 is 10.6 Å². The minimum Gasteiger partial charge on any atom is -0.453 e. The quantitative estimate of drug-likeness (QED) is 0.437. The molecule has 1 aromatic heterocycles. The van der Waals surface area contributed by atoms with Crippen molar-refractivity contribution in [3.63, 3.8) is 0 Å². The number of halogens is 3. The van der Waals surface area contributed by atoms with Crippen molar-refractivity contribution in [2.45, 2.75) is 56.3 Å². The van der Waals surface area contributed by atoms with Gasteiger partial charge in [0.2, 0.25) is 0 Å². The van der Waals surface area contributed by atoms with E-state index in [2.05, 4.69) is 25.3 Å². The number of alkyl halides is 3. The smallest absolute Gasteiger partial charge is 0.416 e. The van der Waals surface area contributed by atoms with E-state index in [0.717, 1.165) is 50.6 Å². The molecule has 0 radical (unpaired) electrons. The van der Waals surface area contributed by atoms with E-state index in [0.29, 0.717) is 22.9 Å². The van der Waals surface area contributed by atoms with E-state index in [-0.39, 0.29) is 36.3 Å². The Morgan fingerprint density at radius 1 is 1.23 bits per heavy atom. The van der Waals surface area contributed by atoms with Crippen molar-refractivity contribution >= 4 is 34.3 Å². The van der Waals surface area contributed by atoms with Gasteiger partial charge in [0.25, 0.3) is 5.91 Å². The zero-order chi connectivity index (χ0) is 28.2. The third-order valence-corrected chi connectivity index (χ3v) is 8.50. The topological polar surface area (TPSA) is 121 Å².